The fraction of sp³-hybridized carbons (Fsp3) is 0.310. The highest BCUT2D eigenvalue weighted by Gasteiger charge is 2.20. The van der Waals surface area contributed by atoms with Gasteiger partial charge in [0.05, 0.1) is 5.52 Å². The second-order valence-electron chi connectivity index (χ2n) is 9.23. The smallest absolute Gasteiger partial charge is 0.255 e. The molecule has 3 heterocycles. The van der Waals surface area contributed by atoms with Gasteiger partial charge in [-0.2, -0.15) is 0 Å². The van der Waals surface area contributed by atoms with Crippen molar-refractivity contribution < 1.29 is 4.79 Å². The molecule has 1 saturated heterocycles. The molecule has 5 rings (SSSR count). The molecule has 1 aliphatic heterocycles. The standard InChI is InChI=1S/C29H33N7O/c1-4-34(5-2)24-10-7-22(8-11-24)28(37)32-23-9-12-26-25(20-23)21(3)19-27(33-26)35-15-17-36(18-16-35)29-30-13-6-14-31-29/h6-14,19-20H,4-5,15-18H2,1-3H3,(H,32,37). The maximum atomic E-state index is 12.9. The molecule has 0 atom stereocenters. The molecule has 1 amide bonds. The second-order valence-corrected chi connectivity index (χ2v) is 9.23. The lowest BCUT2D eigenvalue weighted by molar-refractivity contribution is 0.102. The van der Waals surface area contributed by atoms with E-state index in [2.05, 4.69) is 56.8 Å². The first-order chi connectivity index (χ1) is 18.1. The van der Waals surface area contributed by atoms with Crippen molar-refractivity contribution in [2.24, 2.45) is 0 Å². The molecule has 2 aromatic carbocycles. The molecule has 37 heavy (non-hydrogen) atoms. The Morgan fingerprint density at radius 1 is 0.919 bits per heavy atom. The molecular weight excluding hydrogens is 462 g/mol. The molecular formula is C29H33N7O. The van der Waals surface area contributed by atoms with Gasteiger partial charge < -0.3 is 20.0 Å². The van der Waals surface area contributed by atoms with E-state index < -0.39 is 0 Å². The molecule has 1 aliphatic rings. The Balaban J connectivity index is 1.27. The van der Waals surface area contributed by atoms with E-state index in [9.17, 15) is 4.79 Å². The van der Waals surface area contributed by atoms with Gasteiger partial charge in [-0.15, -0.1) is 0 Å². The van der Waals surface area contributed by atoms with Crippen molar-refractivity contribution in [2.75, 3.05) is 59.3 Å². The molecule has 2 aromatic heterocycles. The summed E-state index contributed by atoms with van der Waals surface area (Å²) in [6.45, 7) is 11.7. The number of aryl methyl sites for hydroxylation is 1. The predicted molar refractivity (Wildman–Crippen MR) is 151 cm³/mol. The number of amides is 1. The van der Waals surface area contributed by atoms with Crippen LogP contribution >= 0.6 is 0 Å². The quantitative estimate of drug-likeness (QED) is 0.396. The summed E-state index contributed by atoms with van der Waals surface area (Å²) in [6, 6.07) is 17.7. The van der Waals surface area contributed by atoms with Gasteiger partial charge in [0.2, 0.25) is 5.95 Å². The molecule has 0 saturated carbocycles. The topological polar surface area (TPSA) is 77.5 Å². The molecule has 0 radical (unpaired) electrons. The van der Waals surface area contributed by atoms with Gasteiger partial charge in [-0.05, 0) is 80.9 Å². The number of carbonyl (C=O) groups excluding carboxylic acids is 1. The summed E-state index contributed by atoms with van der Waals surface area (Å²) < 4.78 is 0. The fourth-order valence-electron chi connectivity index (χ4n) is 4.82. The molecule has 0 aliphatic carbocycles. The van der Waals surface area contributed by atoms with Gasteiger partial charge in [0.15, 0.2) is 0 Å². The number of fused-ring (bicyclic) bond motifs is 1. The molecule has 1 fully saturated rings. The molecule has 4 aromatic rings. The van der Waals surface area contributed by atoms with Crippen LogP contribution in [0.2, 0.25) is 0 Å². The first-order valence-electron chi connectivity index (χ1n) is 12.9. The summed E-state index contributed by atoms with van der Waals surface area (Å²) in [5, 5.41) is 4.08. The summed E-state index contributed by atoms with van der Waals surface area (Å²) >= 11 is 0. The number of nitrogens with one attached hydrogen (secondary N) is 1. The van der Waals surface area contributed by atoms with Crippen LogP contribution in [-0.2, 0) is 0 Å². The first-order valence-corrected chi connectivity index (χ1v) is 12.9. The Bertz CT molecular complexity index is 1360. The number of carbonyl (C=O) groups is 1. The van der Waals surface area contributed by atoms with Gasteiger partial charge in [-0.3, -0.25) is 4.79 Å². The van der Waals surface area contributed by atoms with E-state index in [0.717, 1.165) is 78.9 Å². The van der Waals surface area contributed by atoms with E-state index in [1.165, 1.54) is 0 Å². The van der Waals surface area contributed by atoms with Gasteiger partial charge in [0, 0.05) is 74.0 Å². The Labute approximate surface area is 218 Å². The Hall–Kier alpha value is -4.20. The maximum absolute atomic E-state index is 12.9. The summed E-state index contributed by atoms with van der Waals surface area (Å²) in [7, 11) is 0. The van der Waals surface area contributed by atoms with Crippen molar-refractivity contribution in [1.82, 2.24) is 15.0 Å². The lowest BCUT2D eigenvalue weighted by atomic mass is 10.1. The zero-order chi connectivity index (χ0) is 25.8. The number of nitrogens with zero attached hydrogens (tertiary/aromatic N) is 6. The van der Waals surface area contributed by atoms with E-state index in [1.807, 2.05) is 48.5 Å². The molecule has 0 unspecified atom stereocenters. The van der Waals surface area contributed by atoms with Gasteiger partial charge in [-0.1, -0.05) is 0 Å². The van der Waals surface area contributed by atoms with Crippen LogP contribution in [0, 0.1) is 6.92 Å². The van der Waals surface area contributed by atoms with Crippen LogP contribution < -0.4 is 20.0 Å². The average Bonchev–Trinajstić information content (AvgIpc) is 2.95. The zero-order valence-corrected chi connectivity index (χ0v) is 21.7. The van der Waals surface area contributed by atoms with Crippen molar-refractivity contribution in [1.29, 1.82) is 0 Å². The number of aromatic nitrogens is 3. The molecule has 0 spiro atoms. The largest absolute Gasteiger partial charge is 0.372 e. The third-order valence-corrected chi connectivity index (χ3v) is 6.96. The lowest BCUT2D eigenvalue weighted by Crippen LogP contribution is -2.47. The summed E-state index contributed by atoms with van der Waals surface area (Å²) in [4.78, 5) is 33.3. The average molecular weight is 496 g/mol. The van der Waals surface area contributed by atoms with Gasteiger partial charge >= 0.3 is 0 Å². The van der Waals surface area contributed by atoms with Crippen LogP contribution in [0.15, 0.2) is 67.0 Å². The first kappa shape index (κ1) is 24.5. The lowest BCUT2D eigenvalue weighted by Gasteiger charge is -2.35. The third kappa shape index (κ3) is 5.33. The van der Waals surface area contributed by atoms with Gasteiger partial charge in [0.25, 0.3) is 5.91 Å². The van der Waals surface area contributed by atoms with Crippen molar-refractivity contribution in [3.05, 3.63) is 78.1 Å². The van der Waals surface area contributed by atoms with E-state index in [1.54, 1.807) is 12.4 Å². The van der Waals surface area contributed by atoms with Crippen LogP contribution in [0.5, 0.6) is 0 Å². The number of benzene rings is 2. The number of anilines is 4. The van der Waals surface area contributed by atoms with E-state index in [-0.39, 0.29) is 5.91 Å². The number of hydrogen-bond donors (Lipinski definition) is 1. The number of hydrogen-bond acceptors (Lipinski definition) is 7. The predicted octanol–water partition coefficient (Wildman–Crippen LogP) is 4.76. The van der Waals surface area contributed by atoms with Crippen LogP contribution in [0.4, 0.5) is 23.1 Å². The summed E-state index contributed by atoms with van der Waals surface area (Å²) in [5.74, 6) is 1.64. The van der Waals surface area contributed by atoms with Crippen LogP contribution in [-0.4, -0.2) is 60.1 Å². The number of piperazine rings is 1. The second kappa shape index (κ2) is 10.8. The summed E-state index contributed by atoms with van der Waals surface area (Å²) in [5.41, 5.74) is 4.58. The van der Waals surface area contributed by atoms with Crippen molar-refractivity contribution in [3.8, 4) is 0 Å². The van der Waals surface area contributed by atoms with E-state index in [0.29, 0.717) is 5.56 Å². The van der Waals surface area contributed by atoms with Gasteiger partial charge in [0.1, 0.15) is 5.82 Å². The minimum Gasteiger partial charge on any atom is -0.372 e. The number of pyridine rings is 1. The molecule has 8 heteroatoms. The molecule has 8 nitrogen and oxygen atoms in total. The fourth-order valence-corrected chi connectivity index (χ4v) is 4.82. The van der Waals surface area contributed by atoms with E-state index in [4.69, 9.17) is 4.98 Å². The van der Waals surface area contributed by atoms with Crippen molar-refractivity contribution in [2.45, 2.75) is 20.8 Å². The highest BCUT2D eigenvalue weighted by Crippen LogP contribution is 2.27. The highest BCUT2D eigenvalue weighted by molar-refractivity contribution is 6.05. The molecule has 190 valence electrons. The Morgan fingerprint density at radius 2 is 1.59 bits per heavy atom. The summed E-state index contributed by atoms with van der Waals surface area (Å²) in [6.07, 6.45) is 3.56. The zero-order valence-electron chi connectivity index (χ0n) is 21.7. The monoisotopic (exact) mass is 495 g/mol. The molecule has 1 N–H and O–H groups in total. The van der Waals surface area contributed by atoms with Crippen molar-refractivity contribution >= 4 is 40.0 Å². The highest BCUT2D eigenvalue weighted by atomic mass is 16.1. The van der Waals surface area contributed by atoms with Crippen molar-refractivity contribution in [3.63, 3.8) is 0 Å². The van der Waals surface area contributed by atoms with Crippen LogP contribution in [0.3, 0.4) is 0 Å². The van der Waals surface area contributed by atoms with Gasteiger partial charge in [-0.25, -0.2) is 15.0 Å². The SMILES string of the molecule is CCN(CC)c1ccc(C(=O)Nc2ccc3nc(N4CCN(c5ncccn5)CC4)cc(C)c3c2)cc1. The maximum Gasteiger partial charge on any atom is 0.255 e. The van der Waals surface area contributed by atoms with Crippen LogP contribution in [0.1, 0.15) is 29.8 Å². The third-order valence-electron chi connectivity index (χ3n) is 6.96. The van der Waals surface area contributed by atoms with E-state index >= 15 is 0 Å². The Morgan fingerprint density at radius 3 is 2.27 bits per heavy atom. The Kier molecular flexibility index (Phi) is 7.16. The minimum absolute atomic E-state index is 0.118. The van der Waals surface area contributed by atoms with Crippen LogP contribution in [0.25, 0.3) is 10.9 Å². The normalized spacial score (nSPS) is 13.6. The minimum atomic E-state index is -0.118. The molecule has 0 bridgehead atoms. The number of rotatable bonds is 7.